The molecule has 20 heteroatoms. The molecule has 0 aromatic heterocycles. The van der Waals surface area contributed by atoms with Gasteiger partial charge < -0.3 is 20.6 Å². The Morgan fingerprint density at radius 3 is 2.14 bits per heavy atom. The average molecular weight is 994 g/mol. The van der Waals surface area contributed by atoms with Crippen molar-refractivity contribution in [2.75, 3.05) is 54.2 Å². The van der Waals surface area contributed by atoms with Crippen LogP contribution in [0.2, 0.25) is 5.02 Å². The maximum Gasteiger partial charge on any atom is 0.501 e. The number of amides is 1. The quantitative estimate of drug-likeness (QED) is 0.0464. The molecular formula is C45H48ClF3N4O8S4. The van der Waals surface area contributed by atoms with Crippen LogP contribution in [-0.4, -0.2) is 91.8 Å². The standard InChI is InChI=1S/C45H48ClF3N4O8S4/c1-63(56,57)28-25-50-24-21-35(30-62-37-7-3-2-4-8-37)51-41-20-19-38(29-42(41)64(58,59)45(47,48)49)65(60,61)52-44(55)33-13-17-36(18-14-33)53-26-22-32(23-27-53)43(54)40-10-6-5-9-39(40)31-11-15-34(46)16-12-31/h2-20,29,32,35,43,50-51,54H,21-28,30H2,1H3,(H,52,55)/t35-,43-/m1/s1. The van der Waals surface area contributed by atoms with E-state index < -0.39 is 68.7 Å². The molecule has 4 N–H and O–H groups in total. The summed E-state index contributed by atoms with van der Waals surface area (Å²) in [5.41, 5.74) is -2.98. The summed E-state index contributed by atoms with van der Waals surface area (Å²) in [6, 6.07) is 31.7. The van der Waals surface area contributed by atoms with E-state index in [1.165, 1.54) is 23.9 Å². The van der Waals surface area contributed by atoms with Crippen molar-refractivity contribution in [2.45, 2.75) is 51.6 Å². The molecule has 1 aliphatic rings. The summed E-state index contributed by atoms with van der Waals surface area (Å²) in [5, 5.41) is 17.9. The van der Waals surface area contributed by atoms with Gasteiger partial charge in [0.1, 0.15) is 14.7 Å². The zero-order valence-corrected chi connectivity index (χ0v) is 39.1. The fourth-order valence-corrected chi connectivity index (χ4v) is 11.0. The van der Waals surface area contributed by atoms with E-state index in [2.05, 4.69) is 15.5 Å². The van der Waals surface area contributed by atoms with Gasteiger partial charge >= 0.3 is 5.51 Å². The third-order valence-corrected chi connectivity index (χ3v) is 16.1. The number of benzene rings is 5. The van der Waals surface area contributed by atoms with Crippen molar-refractivity contribution in [2.24, 2.45) is 5.92 Å². The minimum Gasteiger partial charge on any atom is -0.388 e. The Balaban J connectivity index is 1.13. The number of hydrogen-bond acceptors (Lipinski definition) is 12. The van der Waals surface area contributed by atoms with Crippen molar-refractivity contribution in [1.82, 2.24) is 10.0 Å². The third kappa shape index (κ3) is 13.3. The molecule has 1 fully saturated rings. The van der Waals surface area contributed by atoms with Crippen molar-refractivity contribution >= 4 is 70.3 Å². The number of rotatable bonds is 19. The summed E-state index contributed by atoms with van der Waals surface area (Å²) in [6.45, 7) is 1.51. The van der Waals surface area contributed by atoms with Crippen molar-refractivity contribution in [3.63, 3.8) is 0 Å². The molecule has 2 atom stereocenters. The first-order valence-corrected chi connectivity index (χ1v) is 26.8. The molecule has 1 heterocycles. The summed E-state index contributed by atoms with van der Waals surface area (Å²) in [4.78, 5) is 13.9. The first-order valence-electron chi connectivity index (χ1n) is 20.5. The smallest absolute Gasteiger partial charge is 0.388 e. The highest BCUT2D eigenvalue weighted by atomic mass is 35.5. The van der Waals surface area contributed by atoms with E-state index in [0.29, 0.717) is 37.0 Å². The normalized spacial score (nSPS) is 15.0. The first kappa shape index (κ1) is 49.8. The number of anilines is 2. The van der Waals surface area contributed by atoms with E-state index in [-0.39, 0.29) is 42.5 Å². The van der Waals surface area contributed by atoms with Gasteiger partial charge in [0.15, 0.2) is 0 Å². The fraction of sp³-hybridized carbons (Fsp3) is 0.311. The maximum absolute atomic E-state index is 14.1. The van der Waals surface area contributed by atoms with Gasteiger partial charge in [0.05, 0.1) is 22.4 Å². The second-order valence-corrected chi connectivity index (χ2v) is 23.0. The molecule has 0 aliphatic carbocycles. The van der Waals surface area contributed by atoms with Gasteiger partial charge in [-0.3, -0.25) is 4.79 Å². The summed E-state index contributed by atoms with van der Waals surface area (Å²) < 4.78 is 120. The number of nitrogens with zero attached hydrogens (tertiary/aromatic N) is 1. The number of sulfonamides is 1. The molecule has 65 heavy (non-hydrogen) atoms. The Morgan fingerprint density at radius 1 is 0.846 bits per heavy atom. The van der Waals surface area contributed by atoms with Gasteiger partial charge in [-0.1, -0.05) is 66.2 Å². The lowest BCUT2D eigenvalue weighted by molar-refractivity contribution is -0.0435. The van der Waals surface area contributed by atoms with E-state index in [1.807, 2.05) is 53.3 Å². The SMILES string of the molecule is CS(=O)(=O)CCNCC[C@H](CSc1ccccc1)Nc1ccc(S(=O)(=O)NC(=O)c2ccc(N3CCC([C@@H](O)c4ccccc4-c4ccc(Cl)cc4)CC3)cc2)cc1S(=O)(=O)C(F)(F)F. The van der Waals surface area contributed by atoms with E-state index in [9.17, 15) is 48.3 Å². The molecule has 1 amide bonds. The van der Waals surface area contributed by atoms with Crippen LogP contribution in [0.25, 0.3) is 11.1 Å². The van der Waals surface area contributed by atoms with Crippen LogP contribution in [0.1, 0.15) is 41.3 Å². The number of halogens is 4. The molecule has 348 valence electrons. The summed E-state index contributed by atoms with van der Waals surface area (Å²) in [6.07, 6.45) is 1.90. The molecule has 0 bridgehead atoms. The van der Waals surface area contributed by atoms with Crippen molar-refractivity contribution in [3.8, 4) is 11.1 Å². The molecule has 1 aliphatic heterocycles. The summed E-state index contributed by atoms with van der Waals surface area (Å²) >= 11 is 7.43. The Bertz CT molecular complexity index is 2760. The van der Waals surface area contributed by atoms with Crippen LogP contribution in [0.4, 0.5) is 24.5 Å². The maximum atomic E-state index is 14.1. The van der Waals surface area contributed by atoms with Crippen LogP contribution in [-0.2, 0) is 29.7 Å². The highest BCUT2D eigenvalue weighted by Gasteiger charge is 2.48. The number of hydrogen-bond donors (Lipinski definition) is 4. The number of aliphatic hydroxyl groups is 1. The molecule has 0 unspecified atom stereocenters. The number of carbonyl (C=O) groups is 1. The second kappa shape index (κ2) is 21.3. The van der Waals surface area contributed by atoms with Gasteiger partial charge in [0.2, 0.25) is 0 Å². The average Bonchev–Trinajstić information content (AvgIpc) is 3.27. The van der Waals surface area contributed by atoms with Gasteiger partial charge in [0.25, 0.3) is 25.8 Å². The molecule has 0 saturated carbocycles. The number of sulfone groups is 2. The second-order valence-electron chi connectivity index (χ2n) is 15.6. The van der Waals surface area contributed by atoms with Gasteiger partial charge in [0, 0.05) is 58.9 Å². The van der Waals surface area contributed by atoms with E-state index in [1.54, 1.807) is 42.5 Å². The van der Waals surface area contributed by atoms with Crippen LogP contribution in [0, 0.1) is 5.92 Å². The molecule has 6 rings (SSSR count). The van der Waals surface area contributed by atoms with Crippen LogP contribution in [0.5, 0.6) is 0 Å². The monoisotopic (exact) mass is 992 g/mol. The lowest BCUT2D eigenvalue weighted by Crippen LogP contribution is -2.36. The minimum absolute atomic E-state index is 0.0333. The van der Waals surface area contributed by atoms with E-state index in [4.69, 9.17) is 11.6 Å². The number of alkyl halides is 3. The lowest BCUT2D eigenvalue weighted by atomic mass is 9.84. The van der Waals surface area contributed by atoms with E-state index >= 15 is 0 Å². The molecule has 12 nitrogen and oxygen atoms in total. The highest BCUT2D eigenvalue weighted by Crippen LogP contribution is 2.39. The summed E-state index contributed by atoms with van der Waals surface area (Å²) in [7, 11) is -14.3. The van der Waals surface area contributed by atoms with Crippen molar-refractivity contribution in [3.05, 3.63) is 137 Å². The predicted octanol–water partition coefficient (Wildman–Crippen LogP) is 7.97. The topological polar surface area (TPSA) is 179 Å². The molecule has 0 radical (unpaired) electrons. The molecule has 0 spiro atoms. The zero-order chi connectivity index (χ0) is 47.0. The Hall–Kier alpha value is -4.63. The minimum atomic E-state index is -6.13. The lowest BCUT2D eigenvalue weighted by Gasteiger charge is -2.36. The molecule has 1 saturated heterocycles. The van der Waals surface area contributed by atoms with Gasteiger partial charge in [-0.05, 0) is 115 Å². The van der Waals surface area contributed by atoms with Crippen LogP contribution in [0.15, 0.2) is 136 Å². The van der Waals surface area contributed by atoms with Crippen LogP contribution >= 0.6 is 23.4 Å². The molecular weight excluding hydrogens is 945 g/mol. The molecule has 5 aromatic rings. The Morgan fingerprint density at radius 2 is 1.49 bits per heavy atom. The Kier molecular flexibility index (Phi) is 16.3. The number of thioether (sulfide) groups is 1. The Labute approximate surface area is 386 Å². The van der Waals surface area contributed by atoms with Gasteiger partial charge in [-0.2, -0.15) is 13.2 Å². The first-order chi connectivity index (χ1) is 30.7. The fourth-order valence-electron chi connectivity index (χ4n) is 7.36. The van der Waals surface area contributed by atoms with Crippen LogP contribution in [0.3, 0.4) is 0 Å². The largest absolute Gasteiger partial charge is 0.501 e. The number of carbonyl (C=O) groups excluding carboxylic acids is 1. The summed E-state index contributed by atoms with van der Waals surface area (Å²) in [5.74, 6) is -1.04. The van der Waals surface area contributed by atoms with Gasteiger partial charge in [-0.15, -0.1) is 11.8 Å². The number of nitrogens with one attached hydrogen (secondary N) is 3. The van der Waals surface area contributed by atoms with Gasteiger partial charge in [-0.25, -0.2) is 30.0 Å². The highest BCUT2D eigenvalue weighted by molar-refractivity contribution is 7.99. The third-order valence-electron chi connectivity index (χ3n) is 10.9. The van der Waals surface area contributed by atoms with Crippen molar-refractivity contribution in [1.29, 1.82) is 0 Å². The van der Waals surface area contributed by atoms with Crippen molar-refractivity contribution < 1.29 is 48.3 Å². The zero-order valence-electron chi connectivity index (χ0n) is 35.0. The molecule has 5 aromatic carbocycles. The van der Waals surface area contributed by atoms with E-state index in [0.717, 1.165) is 45.7 Å². The number of piperidine rings is 1. The predicted molar refractivity (Wildman–Crippen MR) is 249 cm³/mol. The number of aliphatic hydroxyl groups excluding tert-OH is 1. The van der Waals surface area contributed by atoms with Crippen LogP contribution < -0.4 is 20.3 Å².